The van der Waals surface area contributed by atoms with Crippen molar-refractivity contribution < 1.29 is 14.6 Å². The number of aliphatic hydroxyl groups excluding tert-OH is 1. The van der Waals surface area contributed by atoms with Gasteiger partial charge in [0.2, 0.25) is 0 Å². The second-order valence-corrected chi connectivity index (χ2v) is 2.88. The minimum atomic E-state index is -0.513. The Hall–Kier alpha value is -1.32. The molecule has 0 amide bonds. The van der Waals surface area contributed by atoms with Gasteiger partial charge in [-0.1, -0.05) is 0 Å². The summed E-state index contributed by atoms with van der Waals surface area (Å²) in [7, 11) is 1.29. The molecule has 0 fully saturated rings. The lowest BCUT2D eigenvalue weighted by molar-refractivity contribution is -0.135. The van der Waals surface area contributed by atoms with Crippen molar-refractivity contribution in [2.45, 2.75) is 19.8 Å². The molecular formula is C9H13NO3. The average Bonchev–Trinajstić information content (AvgIpc) is 2.56. The fourth-order valence-corrected chi connectivity index (χ4v) is 1.32. The molecule has 13 heavy (non-hydrogen) atoms. The standard InChI is InChI=1S/C9H13NO3/c1-6(11)8(9(12)13-2)7-4-3-5-10-7/h11H,3-5H2,1-2H3/b8-6+. The first kappa shape index (κ1) is 9.77. The topological polar surface area (TPSA) is 58.9 Å². The van der Waals surface area contributed by atoms with Crippen molar-refractivity contribution in [3.63, 3.8) is 0 Å². The highest BCUT2D eigenvalue weighted by Gasteiger charge is 2.21. The van der Waals surface area contributed by atoms with Gasteiger partial charge in [-0.15, -0.1) is 0 Å². The highest BCUT2D eigenvalue weighted by atomic mass is 16.5. The van der Waals surface area contributed by atoms with Crippen molar-refractivity contribution in [1.29, 1.82) is 0 Å². The number of nitrogens with zero attached hydrogens (tertiary/aromatic N) is 1. The molecular weight excluding hydrogens is 170 g/mol. The Balaban J connectivity index is 2.93. The number of carbonyl (C=O) groups is 1. The second kappa shape index (κ2) is 4.07. The van der Waals surface area contributed by atoms with Gasteiger partial charge in [0.1, 0.15) is 11.3 Å². The molecule has 1 aliphatic rings. The summed E-state index contributed by atoms with van der Waals surface area (Å²) in [5.41, 5.74) is 0.881. The van der Waals surface area contributed by atoms with Crippen LogP contribution in [0.25, 0.3) is 0 Å². The van der Waals surface area contributed by atoms with Gasteiger partial charge in [-0.05, 0) is 19.8 Å². The van der Waals surface area contributed by atoms with Crippen LogP contribution < -0.4 is 0 Å². The Bertz CT molecular complexity index is 275. The molecule has 0 atom stereocenters. The third-order valence-corrected chi connectivity index (χ3v) is 1.91. The van der Waals surface area contributed by atoms with Crippen molar-refractivity contribution >= 4 is 11.7 Å². The summed E-state index contributed by atoms with van der Waals surface area (Å²) in [6.45, 7) is 2.19. The van der Waals surface area contributed by atoms with Gasteiger partial charge in [0, 0.05) is 6.54 Å². The molecule has 0 spiro atoms. The van der Waals surface area contributed by atoms with Crippen LogP contribution in [0.3, 0.4) is 0 Å². The van der Waals surface area contributed by atoms with E-state index in [2.05, 4.69) is 9.73 Å². The van der Waals surface area contributed by atoms with E-state index in [-0.39, 0.29) is 11.3 Å². The molecule has 0 aromatic carbocycles. The third kappa shape index (κ3) is 2.08. The molecule has 72 valence electrons. The summed E-state index contributed by atoms with van der Waals surface area (Å²) >= 11 is 0. The van der Waals surface area contributed by atoms with E-state index in [4.69, 9.17) is 0 Å². The molecule has 0 aliphatic carbocycles. The van der Waals surface area contributed by atoms with Gasteiger partial charge in [-0.2, -0.15) is 0 Å². The second-order valence-electron chi connectivity index (χ2n) is 2.88. The highest BCUT2D eigenvalue weighted by molar-refractivity contribution is 6.20. The zero-order valence-corrected chi connectivity index (χ0v) is 7.83. The zero-order valence-electron chi connectivity index (χ0n) is 7.83. The van der Waals surface area contributed by atoms with Gasteiger partial charge >= 0.3 is 5.97 Å². The molecule has 1 aliphatic heterocycles. The summed E-state index contributed by atoms with van der Waals surface area (Å²) in [6, 6.07) is 0. The van der Waals surface area contributed by atoms with Crippen molar-refractivity contribution in [2.75, 3.05) is 13.7 Å². The quantitative estimate of drug-likeness (QED) is 0.398. The van der Waals surface area contributed by atoms with E-state index in [1.54, 1.807) is 0 Å². The van der Waals surface area contributed by atoms with Gasteiger partial charge in [0.25, 0.3) is 0 Å². The summed E-state index contributed by atoms with van der Waals surface area (Å²) in [4.78, 5) is 15.3. The van der Waals surface area contributed by atoms with Crippen LogP contribution in [-0.4, -0.2) is 30.4 Å². The lowest BCUT2D eigenvalue weighted by Crippen LogP contribution is -2.15. The molecule has 0 radical (unpaired) electrons. The van der Waals surface area contributed by atoms with E-state index < -0.39 is 5.97 Å². The number of hydrogen-bond donors (Lipinski definition) is 1. The predicted octanol–water partition coefficient (Wildman–Crippen LogP) is 1.23. The number of methoxy groups -OCH3 is 1. The fraction of sp³-hybridized carbons (Fsp3) is 0.556. The normalized spacial score (nSPS) is 17.8. The van der Waals surface area contributed by atoms with E-state index in [9.17, 15) is 9.90 Å². The smallest absolute Gasteiger partial charge is 0.343 e. The van der Waals surface area contributed by atoms with Gasteiger partial charge in [0.15, 0.2) is 0 Å². The molecule has 0 unspecified atom stereocenters. The minimum Gasteiger partial charge on any atom is -0.512 e. The lowest BCUT2D eigenvalue weighted by atomic mass is 10.1. The summed E-state index contributed by atoms with van der Waals surface area (Å²) in [6.07, 6.45) is 1.67. The first-order valence-electron chi connectivity index (χ1n) is 4.18. The first-order valence-corrected chi connectivity index (χ1v) is 4.18. The largest absolute Gasteiger partial charge is 0.512 e. The zero-order chi connectivity index (χ0) is 9.84. The number of hydrogen-bond acceptors (Lipinski definition) is 4. The van der Waals surface area contributed by atoms with Crippen LogP contribution in [0, 0.1) is 0 Å². The summed E-state index contributed by atoms with van der Waals surface area (Å²) in [5, 5.41) is 9.27. The molecule has 0 saturated carbocycles. The highest BCUT2D eigenvalue weighted by Crippen LogP contribution is 2.15. The number of allylic oxidation sites excluding steroid dienone is 1. The molecule has 0 bridgehead atoms. The maximum absolute atomic E-state index is 11.2. The van der Waals surface area contributed by atoms with Crippen LogP contribution in [0.4, 0.5) is 0 Å². The maximum atomic E-state index is 11.2. The molecule has 4 heteroatoms. The van der Waals surface area contributed by atoms with Crippen molar-refractivity contribution in [3.8, 4) is 0 Å². The Kier molecular flexibility index (Phi) is 3.06. The number of aliphatic imine (C=N–C) groups is 1. The Labute approximate surface area is 76.9 Å². The van der Waals surface area contributed by atoms with Gasteiger partial charge in [-0.3, -0.25) is 4.99 Å². The van der Waals surface area contributed by atoms with Gasteiger partial charge in [0.05, 0.1) is 12.8 Å². The van der Waals surface area contributed by atoms with Crippen LogP contribution in [0.5, 0.6) is 0 Å². The number of esters is 1. The van der Waals surface area contributed by atoms with E-state index in [0.29, 0.717) is 5.71 Å². The number of rotatable bonds is 2. The van der Waals surface area contributed by atoms with Gasteiger partial charge in [-0.25, -0.2) is 4.79 Å². The van der Waals surface area contributed by atoms with Crippen LogP contribution in [0.2, 0.25) is 0 Å². The average molecular weight is 183 g/mol. The van der Waals surface area contributed by atoms with E-state index in [0.717, 1.165) is 19.4 Å². The third-order valence-electron chi connectivity index (χ3n) is 1.91. The number of aliphatic hydroxyl groups is 1. The maximum Gasteiger partial charge on any atom is 0.343 e. The van der Waals surface area contributed by atoms with Crippen molar-refractivity contribution in [3.05, 3.63) is 11.3 Å². The van der Waals surface area contributed by atoms with Crippen molar-refractivity contribution in [2.24, 2.45) is 4.99 Å². The lowest BCUT2D eigenvalue weighted by Gasteiger charge is -2.05. The fourth-order valence-electron chi connectivity index (χ4n) is 1.32. The Morgan fingerprint density at radius 2 is 2.31 bits per heavy atom. The molecule has 4 nitrogen and oxygen atoms in total. The molecule has 0 aromatic heterocycles. The van der Waals surface area contributed by atoms with E-state index in [1.807, 2.05) is 0 Å². The first-order chi connectivity index (χ1) is 6.16. The monoisotopic (exact) mass is 183 g/mol. The van der Waals surface area contributed by atoms with Crippen LogP contribution in [-0.2, 0) is 9.53 Å². The van der Waals surface area contributed by atoms with E-state index >= 15 is 0 Å². The van der Waals surface area contributed by atoms with Crippen molar-refractivity contribution in [1.82, 2.24) is 0 Å². The molecule has 1 N–H and O–H groups in total. The Morgan fingerprint density at radius 3 is 2.69 bits per heavy atom. The van der Waals surface area contributed by atoms with Crippen LogP contribution >= 0.6 is 0 Å². The number of carbonyl (C=O) groups excluding carboxylic acids is 1. The summed E-state index contributed by atoms with van der Waals surface area (Å²) < 4.78 is 4.55. The minimum absolute atomic E-state index is 0.0208. The predicted molar refractivity (Wildman–Crippen MR) is 48.9 cm³/mol. The molecule has 0 aromatic rings. The molecule has 0 saturated heterocycles. The van der Waals surface area contributed by atoms with Crippen LogP contribution in [0.1, 0.15) is 19.8 Å². The molecule has 1 rings (SSSR count). The SMILES string of the molecule is COC(=O)/C(C1=NCCC1)=C(\C)O. The number of ether oxygens (including phenoxy) is 1. The Morgan fingerprint density at radius 1 is 1.62 bits per heavy atom. The van der Waals surface area contributed by atoms with Crippen LogP contribution in [0.15, 0.2) is 16.3 Å². The molecule has 1 heterocycles. The van der Waals surface area contributed by atoms with E-state index in [1.165, 1.54) is 14.0 Å². The van der Waals surface area contributed by atoms with Gasteiger partial charge < -0.3 is 9.84 Å². The summed E-state index contributed by atoms with van der Waals surface area (Å²) in [5.74, 6) is -0.534.